The maximum absolute atomic E-state index is 13.9. The summed E-state index contributed by atoms with van der Waals surface area (Å²) in [5, 5.41) is 9.15. The van der Waals surface area contributed by atoms with E-state index in [1.165, 1.54) is 6.07 Å². The molecule has 4 nitrogen and oxygen atoms in total. The fourth-order valence-corrected chi connectivity index (χ4v) is 4.12. The van der Waals surface area contributed by atoms with Gasteiger partial charge in [0.15, 0.2) is 0 Å². The molecule has 0 saturated heterocycles. The van der Waals surface area contributed by atoms with Crippen molar-refractivity contribution in [3.8, 4) is 5.88 Å². The number of benzene rings is 1. The number of carbonyl (C=O) groups is 1. The number of nitrogens with zero attached hydrogens (tertiary/aromatic N) is 1. The molecular formula is C18H15BrFNO3. The van der Waals surface area contributed by atoms with E-state index in [2.05, 4.69) is 20.9 Å². The molecule has 24 heavy (non-hydrogen) atoms. The first kappa shape index (κ1) is 15.6. The minimum absolute atomic E-state index is 0.0963. The molecule has 4 rings (SSSR count). The van der Waals surface area contributed by atoms with Crippen molar-refractivity contribution in [2.24, 2.45) is 11.8 Å². The Kier molecular flexibility index (Phi) is 3.60. The lowest BCUT2D eigenvalue weighted by atomic mass is 10.0. The minimum atomic E-state index is -0.727. The number of fused-ring (bicyclic) bond motifs is 3. The van der Waals surface area contributed by atoms with E-state index in [1.54, 1.807) is 25.3 Å². The molecule has 1 saturated carbocycles. The predicted molar refractivity (Wildman–Crippen MR) is 88.4 cm³/mol. The Hall–Kier alpha value is -1.95. The van der Waals surface area contributed by atoms with Crippen molar-refractivity contribution in [2.45, 2.75) is 25.4 Å². The molecule has 1 aromatic heterocycles. The quantitative estimate of drug-likeness (QED) is 0.852. The summed E-state index contributed by atoms with van der Waals surface area (Å²) >= 11 is 3.33. The third-order valence-electron chi connectivity index (χ3n) is 4.96. The molecule has 2 aliphatic rings. The van der Waals surface area contributed by atoms with Crippen LogP contribution in [-0.4, -0.2) is 16.1 Å². The largest absolute Gasteiger partial charge is 0.481 e. The average molecular weight is 392 g/mol. The number of pyridine rings is 1. The Morgan fingerprint density at radius 2 is 2.25 bits per heavy atom. The summed E-state index contributed by atoms with van der Waals surface area (Å²) in [6, 6.07) is 6.59. The van der Waals surface area contributed by atoms with Gasteiger partial charge in [0.2, 0.25) is 5.88 Å². The van der Waals surface area contributed by atoms with E-state index < -0.39 is 12.1 Å². The van der Waals surface area contributed by atoms with Gasteiger partial charge in [0, 0.05) is 28.2 Å². The van der Waals surface area contributed by atoms with Crippen molar-refractivity contribution in [1.29, 1.82) is 0 Å². The van der Waals surface area contributed by atoms with E-state index in [0.717, 1.165) is 22.0 Å². The van der Waals surface area contributed by atoms with Gasteiger partial charge in [-0.1, -0.05) is 15.9 Å². The molecule has 1 aromatic carbocycles. The van der Waals surface area contributed by atoms with Gasteiger partial charge in [-0.05, 0) is 48.6 Å². The summed E-state index contributed by atoms with van der Waals surface area (Å²) in [7, 11) is 0. The molecule has 2 aliphatic carbocycles. The lowest BCUT2D eigenvalue weighted by Crippen LogP contribution is -2.08. The minimum Gasteiger partial charge on any atom is -0.481 e. The molecule has 1 fully saturated rings. The normalized spacial score (nSPS) is 24.9. The van der Waals surface area contributed by atoms with Crippen LogP contribution in [0.2, 0.25) is 0 Å². The number of aromatic nitrogens is 1. The number of ether oxygens (including phenoxy) is 1. The van der Waals surface area contributed by atoms with Crippen LogP contribution >= 0.6 is 15.9 Å². The second-order valence-electron chi connectivity index (χ2n) is 6.41. The van der Waals surface area contributed by atoms with Crippen LogP contribution in [0.25, 0.3) is 0 Å². The first-order valence-electron chi connectivity index (χ1n) is 7.79. The molecule has 0 spiro atoms. The molecule has 6 heteroatoms. The first-order chi connectivity index (χ1) is 11.5. The molecule has 0 bridgehead atoms. The Labute approximate surface area is 146 Å². The average Bonchev–Trinajstić information content (AvgIpc) is 3.13. The SMILES string of the molecule is CC(Oc1cc2c(cn1)C1C(C2)C1C(=O)O)c1cc(Br)ccc1F. The number of hydrogen-bond donors (Lipinski definition) is 1. The van der Waals surface area contributed by atoms with Crippen LogP contribution < -0.4 is 4.74 Å². The standard InChI is InChI=1S/C18H15BrFNO3/c1-8(11-6-10(19)2-3-14(11)20)24-15-5-9-4-12-16(13(9)7-21-15)17(12)18(22)23/h2-3,5-8,12,16-17H,4H2,1H3,(H,22,23). The van der Waals surface area contributed by atoms with E-state index in [0.29, 0.717) is 11.4 Å². The van der Waals surface area contributed by atoms with E-state index in [1.807, 2.05) is 6.07 Å². The highest BCUT2D eigenvalue weighted by molar-refractivity contribution is 9.10. The number of carboxylic acid groups (broad SMARTS) is 1. The molecule has 1 N–H and O–H groups in total. The van der Waals surface area contributed by atoms with Gasteiger partial charge in [0.05, 0.1) is 5.92 Å². The first-order valence-corrected chi connectivity index (χ1v) is 8.58. The number of rotatable bonds is 4. The Morgan fingerprint density at radius 1 is 1.46 bits per heavy atom. The van der Waals surface area contributed by atoms with Crippen molar-refractivity contribution in [1.82, 2.24) is 4.98 Å². The molecule has 2 aromatic rings. The van der Waals surface area contributed by atoms with E-state index in [-0.39, 0.29) is 23.6 Å². The van der Waals surface area contributed by atoms with Crippen LogP contribution in [0.4, 0.5) is 4.39 Å². The molecule has 0 aliphatic heterocycles. The maximum Gasteiger partial charge on any atom is 0.307 e. The van der Waals surface area contributed by atoms with Crippen molar-refractivity contribution in [2.75, 3.05) is 0 Å². The van der Waals surface area contributed by atoms with Gasteiger partial charge in [-0.15, -0.1) is 0 Å². The lowest BCUT2D eigenvalue weighted by molar-refractivity contribution is -0.139. The van der Waals surface area contributed by atoms with Gasteiger partial charge in [0.25, 0.3) is 0 Å². The predicted octanol–water partition coefficient (Wildman–Crippen LogP) is 4.09. The topological polar surface area (TPSA) is 59.4 Å². The highest BCUT2D eigenvalue weighted by Gasteiger charge is 2.59. The Balaban J connectivity index is 1.53. The fourth-order valence-electron chi connectivity index (χ4n) is 3.74. The second kappa shape index (κ2) is 5.55. The van der Waals surface area contributed by atoms with Crippen LogP contribution in [0.3, 0.4) is 0 Å². The zero-order chi connectivity index (χ0) is 17.0. The van der Waals surface area contributed by atoms with Gasteiger partial charge in [-0.3, -0.25) is 4.79 Å². The van der Waals surface area contributed by atoms with Crippen LogP contribution in [0, 0.1) is 17.7 Å². The smallest absolute Gasteiger partial charge is 0.307 e. The van der Waals surface area contributed by atoms with Crippen molar-refractivity contribution in [3.63, 3.8) is 0 Å². The molecule has 0 radical (unpaired) electrons. The summed E-state index contributed by atoms with van der Waals surface area (Å²) in [5.41, 5.74) is 2.57. The molecule has 0 amide bonds. The van der Waals surface area contributed by atoms with Crippen LogP contribution in [-0.2, 0) is 11.2 Å². The zero-order valence-corrected chi connectivity index (χ0v) is 14.5. The summed E-state index contributed by atoms with van der Waals surface area (Å²) < 4.78 is 20.5. The summed E-state index contributed by atoms with van der Waals surface area (Å²) in [6.07, 6.45) is 1.98. The third-order valence-corrected chi connectivity index (χ3v) is 5.45. The number of halogens is 2. The van der Waals surface area contributed by atoms with E-state index >= 15 is 0 Å². The van der Waals surface area contributed by atoms with Gasteiger partial charge in [0.1, 0.15) is 11.9 Å². The molecule has 4 atom stereocenters. The van der Waals surface area contributed by atoms with E-state index in [4.69, 9.17) is 9.84 Å². The summed E-state index contributed by atoms with van der Waals surface area (Å²) in [6.45, 7) is 1.78. The lowest BCUT2D eigenvalue weighted by Gasteiger charge is -2.16. The zero-order valence-electron chi connectivity index (χ0n) is 12.9. The third kappa shape index (κ3) is 2.49. The highest BCUT2D eigenvalue weighted by atomic mass is 79.9. The summed E-state index contributed by atoms with van der Waals surface area (Å²) in [4.78, 5) is 15.4. The van der Waals surface area contributed by atoms with Crippen LogP contribution in [0.5, 0.6) is 5.88 Å². The number of carboxylic acids is 1. The van der Waals surface area contributed by atoms with Gasteiger partial charge in [-0.25, -0.2) is 9.37 Å². The van der Waals surface area contributed by atoms with Crippen LogP contribution in [0.15, 0.2) is 34.9 Å². The number of aliphatic carboxylic acids is 1. The van der Waals surface area contributed by atoms with E-state index in [9.17, 15) is 9.18 Å². The monoisotopic (exact) mass is 391 g/mol. The molecule has 124 valence electrons. The number of hydrogen-bond acceptors (Lipinski definition) is 3. The fraction of sp³-hybridized carbons (Fsp3) is 0.333. The Bertz CT molecular complexity index is 841. The maximum atomic E-state index is 13.9. The van der Waals surface area contributed by atoms with Crippen LogP contribution in [0.1, 0.15) is 35.6 Å². The van der Waals surface area contributed by atoms with Crippen molar-refractivity contribution in [3.05, 3.63) is 57.4 Å². The van der Waals surface area contributed by atoms with Gasteiger partial charge < -0.3 is 9.84 Å². The Morgan fingerprint density at radius 3 is 3.00 bits per heavy atom. The highest BCUT2D eigenvalue weighted by Crippen LogP contribution is 2.61. The van der Waals surface area contributed by atoms with Crippen molar-refractivity contribution < 1.29 is 19.0 Å². The van der Waals surface area contributed by atoms with Gasteiger partial charge in [-0.2, -0.15) is 0 Å². The summed E-state index contributed by atoms with van der Waals surface area (Å²) in [5.74, 6) is -0.588. The van der Waals surface area contributed by atoms with Crippen molar-refractivity contribution >= 4 is 21.9 Å². The molecule has 4 unspecified atom stereocenters. The molecule has 1 heterocycles. The molecular weight excluding hydrogens is 377 g/mol. The second-order valence-corrected chi connectivity index (χ2v) is 7.32. The van der Waals surface area contributed by atoms with Gasteiger partial charge >= 0.3 is 5.97 Å².